The number of nitrogens with one attached hydrogen (secondary N) is 2. The van der Waals surface area contributed by atoms with Crippen LogP contribution in [-0.4, -0.2) is 24.2 Å². The lowest BCUT2D eigenvalue weighted by Crippen LogP contribution is -2.10. The highest BCUT2D eigenvalue weighted by atomic mass is 35.5. The fourth-order valence-corrected chi connectivity index (χ4v) is 2.74. The Hall–Kier alpha value is -2.11. The lowest BCUT2D eigenvalue weighted by atomic mass is 10.1. The number of pyridine rings is 1. The molecule has 0 fully saturated rings. The van der Waals surface area contributed by atoms with Crippen molar-refractivity contribution in [2.75, 3.05) is 12.4 Å². The predicted octanol–water partition coefficient (Wildman–Crippen LogP) is 5.30. The maximum atomic E-state index is 10.8. The van der Waals surface area contributed by atoms with Crippen LogP contribution >= 0.6 is 23.2 Å². The van der Waals surface area contributed by atoms with Gasteiger partial charge >= 0.3 is 0 Å². The fraction of sp³-hybridized carbons (Fsp3) is 0.316. The Morgan fingerprint density at radius 2 is 2.04 bits per heavy atom. The first kappa shape index (κ1) is 21.9. The van der Waals surface area contributed by atoms with Crippen LogP contribution in [0.4, 0.5) is 5.82 Å². The molecule has 0 unspecified atom stereocenters. The number of benzene rings is 1. The van der Waals surface area contributed by atoms with Crippen molar-refractivity contribution in [1.82, 2.24) is 4.98 Å². The van der Waals surface area contributed by atoms with Gasteiger partial charge in [0.15, 0.2) is 0 Å². The van der Waals surface area contributed by atoms with E-state index < -0.39 is 0 Å². The topological polar surface area (TPSA) is 75.1 Å². The SMILES string of the molecule is CC(=O)Nc1nc(Cl)cc(C)c1C=N.CCCc1cc(Cl)ccc1OC. The number of amides is 1. The van der Waals surface area contributed by atoms with E-state index in [0.717, 1.165) is 35.4 Å². The maximum absolute atomic E-state index is 10.8. The summed E-state index contributed by atoms with van der Waals surface area (Å²) < 4.78 is 5.19. The number of carbonyl (C=O) groups is 1. The van der Waals surface area contributed by atoms with Crippen LogP contribution < -0.4 is 10.1 Å². The van der Waals surface area contributed by atoms with Gasteiger partial charge in [0.05, 0.1) is 7.11 Å². The van der Waals surface area contributed by atoms with Gasteiger partial charge in [-0.1, -0.05) is 36.5 Å². The zero-order valence-corrected chi connectivity index (χ0v) is 16.8. The van der Waals surface area contributed by atoms with Crippen molar-refractivity contribution >= 4 is 41.1 Å². The molecule has 140 valence electrons. The minimum Gasteiger partial charge on any atom is -0.496 e. The highest BCUT2D eigenvalue weighted by Crippen LogP contribution is 2.23. The van der Waals surface area contributed by atoms with Crippen LogP contribution in [0.25, 0.3) is 0 Å². The number of nitrogens with zero attached hydrogens (tertiary/aromatic N) is 1. The van der Waals surface area contributed by atoms with Crippen molar-refractivity contribution in [1.29, 1.82) is 5.41 Å². The molecule has 5 nitrogen and oxygen atoms in total. The van der Waals surface area contributed by atoms with Crippen LogP contribution in [-0.2, 0) is 11.2 Å². The second kappa shape index (κ2) is 10.8. The Morgan fingerprint density at radius 1 is 1.35 bits per heavy atom. The summed E-state index contributed by atoms with van der Waals surface area (Å²) in [5.74, 6) is 1.03. The molecular formula is C19H23Cl2N3O2. The Morgan fingerprint density at radius 3 is 2.58 bits per heavy atom. The Bertz CT molecular complexity index is 780. The van der Waals surface area contributed by atoms with E-state index in [1.165, 1.54) is 12.5 Å². The van der Waals surface area contributed by atoms with Gasteiger partial charge in [0.25, 0.3) is 0 Å². The van der Waals surface area contributed by atoms with Gasteiger partial charge in [0.2, 0.25) is 5.91 Å². The fourth-order valence-electron chi connectivity index (χ4n) is 2.30. The average molecular weight is 396 g/mol. The van der Waals surface area contributed by atoms with Crippen molar-refractivity contribution in [3.05, 3.63) is 51.1 Å². The number of aromatic nitrogens is 1. The van der Waals surface area contributed by atoms with Crippen molar-refractivity contribution in [3.63, 3.8) is 0 Å². The number of methoxy groups -OCH3 is 1. The van der Waals surface area contributed by atoms with Gasteiger partial charge in [-0.05, 0) is 48.7 Å². The molecule has 0 aliphatic heterocycles. The molecule has 0 aliphatic rings. The molecule has 1 aromatic heterocycles. The third kappa shape index (κ3) is 6.65. The van der Waals surface area contributed by atoms with Crippen LogP contribution in [0.2, 0.25) is 10.2 Å². The Labute approximate surface area is 164 Å². The maximum Gasteiger partial charge on any atom is 0.222 e. The molecule has 0 atom stereocenters. The summed E-state index contributed by atoms with van der Waals surface area (Å²) in [4.78, 5) is 14.8. The molecule has 1 heterocycles. The lowest BCUT2D eigenvalue weighted by molar-refractivity contribution is -0.114. The Balaban J connectivity index is 0.000000263. The van der Waals surface area contributed by atoms with E-state index in [9.17, 15) is 4.79 Å². The summed E-state index contributed by atoms with van der Waals surface area (Å²) in [7, 11) is 1.68. The number of ether oxygens (including phenoxy) is 1. The van der Waals surface area contributed by atoms with Crippen molar-refractivity contribution in [3.8, 4) is 5.75 Å². The predicted molar refractivity (Wildman–Crippen MR) is 108 cm³/mol. The van der Waals surface area contributed by atoms with Crippen molar-refractivity contribution in [2.45, 2.75) is 33.6 Å². The number of hydrogen-bond donors (Lipinski definition) is 2. The van der Waals surface area contributed by atoms with Crippen LogP contribution in [0, 0.1) is 12.3 Å². The molecule has 0 spiro atoms. The Kier molecular flexibility index (Phi) is 9.10. The molecule has 0 saturated carbocycles. The molecule has 2 aromatic rings. The standard InChI is InChI=1S/C10H13ClO.C9H10ClN3O/c1-3-4-8-7-9(11)5-6-10(8)12-2;1-5-3-8(10)13-9(7(5)4-11)12-6(2)14/h5-7H,3-4H2,1-2H3;3-4,11H,1-2H3,(H,12,13,14). The molecule has 1 amide bonds. The highest BCUT2D eigenvalue weighted by Gasteiger charge is 2.08. The van der Waals surface area contributed by atoms with Gasteiger partial charge in [-0.25, -0.2) is 4.98 Å². The van der Waals surface area contributed by atoms with Crippen LogP contribution in [0.1, 0.15) is 37.0 Å². The normalized spacial score (nSPS) is 9.77. The first-order chi connectivity index (χ1) is 12.3. The smallest absolute Gasteiger partial charge is 0.222 e. The molecule has 2 rings (SSSR count). The number of rotatable bonds is 5. The van der Waals surface area contributed by atoms with Crippen molar-refractivity contribution in [2.24, 2.45) is 0 Å². The molecule has 26 heavy (non-hydrogen) atoms. The molecular weight excluding hydrogens is 373 g/mol. The second-order valence-electron chi connectivity index (χ2n) is 5.56. The summed E-state index contributed by atoms with van der Waals surface area (Å²) >= 11 is 11.6. The van der Waals surface area contributed by atoms with Gasteiger partial charge in [-0.15, -0.1) is 0 Å². The third-order valence-electron chi connectivity index (χ3n) is 3.43. The minimum atomic E-state index is -0.234. The number of aryl methyl sites for hydroxylation is 2. The summed E-state index contributed by atoms with van der Waals surface area (Å²) in [6.07, 6.45) is 3.27. The average Bonchev–Trinajstić information content (AvgIpc) is 2.55. The first-order valence-corrected chi connectivity index (χ1v) is 8.85. The first-order valence-electron chi connectivity index (χ1n) is 8.10. The van der Waals surface area contributed by atoms with Crippen molar-refractivity contribution < 1.29 is 9.53 Å². The van der Waals surface area contributed by atoms with Gasteiger partial charge in [-0.3, -0.25) is 4.79 Å². The molecule has 0 saturated heterocycles. The second-order valence-corrected chi connectivity index (χ2v) is 6.38. The van der Waals surface area contributed by atoms with Crippen LogP contribution in [0.5, 0.6) is 5.75 Å². The number of halogens is 2. The molecule has 0 radical (unpaired) electrons. The summed E-state index contributed by atoms with van der Waals surface area (Å²) in [6, 6.07) is 7.37. The van der Waals surface area contributed by atoms with E-state index in [0.29, 0.717) is 16.5 Å². The zero-order chi connectivity index (χ0) is 19.7. The quantitative estimate of drug-likeness (QED) is 0.532. The van der Waals surface area contributed by atoms with E-state index in [1.54, 1.807) is 20.1 Å². The van der Waals surface area contributed by atoms with E-state index in [1.807, 2.05) is 18.2 Å². The van der Waals surface area contributed by atoms with Gasteiger partial charge < -0.3 is 15.5 Å². The number of carbonyl (C=O) groups excluding carboxylic acids is 1. The van der Waals surface area contributed by atoms with Crippen LogP contribution in [0.3, 0.4) is 0 Å². The highest BCUT2D eigenvalue weighted by molar-refractivity contribution is 6.30. The molecule has 1 aromatic carbocycles. The van der Waals surface area contributed by atoms with E-state index in [4.69, 9.17) is 33.3 Å². The third-order valence-corrected chi connectivity index (χ3v) is 3.86. The van der Waals surface area contributed by atoms with Gasteiger partial charge in [0, 0.05) is 23.7 Å². The summed E-state index contributed by atoms with van der Waals surface area (Å²) in [5, 5.41) is 10.8. The lowest BCUT2D eigenvalue weighted by Gasteiger charge is -2.08. The molecule has 2 N–H and O–H groups in total. The molecule has 0 bridgehead atoms. The molecule has 7 heteroatoms. The zero-order valence-electron chi connectivity index (χ0n) is 15.3. The van der Waals surface area contributed by atoms with Gasteiger partial charge in [-0.2, -0.15) is 0 Å². The monoisotopic (exact) mass is 395 g/mol. The van der Waals surface area contributed by atoms with Crippen LogP contribution in [0.15, 0.2) is 24.3 Å². The molecule has 0 aliphatic carbocycles. The van der Waals surface area contributed by atoms with E-state index >= 15 is 0 Å². The van der Waals surface area contributed by atoms with E-state index in [2.05, 4.69) is 17.2 Å². The van der Waals surface area contributed by atoms with Gasteiger partial charge in [0.1, 0.15) is 16.7 Å². The summed E-state index contributed by atoms with van der Waals surface area (Å²) in [5.41, 5.74) is 2.57. The minimum absolute atomic E-state index is 0.234. The van der Waals surface area contributed by atoms with E-state index in [-0.39, 0.29) is 5.91 Å². The largest absolute Gasteiger partial charge is 0.496 e. The number of anilines is 1. The summed E-state index contributed by atoms with van der Waals surface area (Å²) in [6.45, 7) is 5.32. The number of hydrogen-bond acceptors (Lipinski definition) is 4.